The molecule has 0 bridgehead atoms. The summed E-state index contributed by atoms with van der Waals surface area (Å²) in [5, 5.41) is 10.4. The number of halogens is 1. The van der Waals surface area contributed by atoms with Crippen molar-refractivity contribution in [2.45, 2.75) is 45.3 Å². The maximum absolute atomic E-state index is 10.4. The van der Waals surface area contributed by atoms with Crippen LogP contribution in [0.2, 0.25) is 0 Å². The molecule has 1 heterocycles. The van der Waals surface area contributed by atoms with Gasteiger partial charge < -0.3 is 9.84 Å². The first-order valence-electron chi connectivity index (χ1n) is 7.34. The molecule has 2 aliphatic rings. The van der Waals surface area contributed by atoms with Crippen molar-refractivity contribution in [3.8, 4) is 5.75 Å². The number of rotatable bonds is 1. The van der Waals surface area contributed by atoms with Crippen LogP contribution >= 0.6 is 15.9 Å². The number of fused-ring (bicyclic) bond motifs is 1. The van der Waals surface area contributed by atoms with E-state index in [-0.39, 0.29) is 6.10 Å². The molecule has 0 saturated heterocycles. The predicted molar refractivity (Wildman–Crippen MR) is 83.8 cm³/mol. The normalized spacial score (nSPS) is 33.1. The van der Waals surface area contributed by atoms with E-state index in [1.165, 1.54) is 5.57 Å². The van der Waals surface area contributed by atoms with Gasteiger partial charge in [-0.2, -0.15) is 0 Å². The van der Waals surface area contributed by atoms with Gasteiger partial charge in [0.05, 0.1) is 6.10 Å². The minimum Gasteiger partial charge on any atom is -0.490 e. The van der Waals surface area contributed by atoms with Crippen LogP contribution in [0.25, 0.3) is 0 Å². The second kappa shape index (κ2) is 5.53. The standard InChI is InChI=1S/C17H21BrO2/c1-10-5-11(2)7-12(6-10)17-9-15(19)14-8-13(18)3-4-16(14)20-17/h3-5,8,10,12,15,17,19H,6-7,9H2,1-2H3. The molecule has 0 amide bonds. The zero-order chi connectivity index (χ0) is 14.3. The molecule has 0 saturated carbocycles. The summed E-state index contributed by atoms with van der Waals surface area (Å²) < 4.78 is 7.17. The Kier molecular flexibility index (Phi) is 3.91. The number of hydrogen-bond acceptors (Lipinski definition) is 2. The van der Waals surface area contributed by atoms with Crippen LogP contribution in [-0.2, 0) is 0 Å². The van der Waals surface area contributed by atoms with Crippen LogP contribution < -0.4 is 4.74 Å². The largest absolute Gasteiger partial charge is 0.490 e. The molecule has 0 fully saturated rings. The predicted octanol–water partition coefficient (Wildman–Crippen LogP) is 4.63. The molecule has 4 unspecified atom stereocenters. The van der Waals surface area contributed by atoms with Crippen molar-refractivity contribution in [1.29, 1.82) is 0 Å². The van der Waals surface area contributed by atoms with Gasteiger partial charge in [0.15, 0.2) is 0 Å². The summed E-state index contributed by atoms with van der Waals surface area (Å²) in [6.07, 6.45) is 5.02. The summed E-state index contributed by atoms with van der Waals surface area (Å²) in [6.45, 7) is 4.47. The molecule has 108 valence electrons. The molecule has 0 radical (unpaired) electrons. The summed E-state index contributed by atoms with van der Waals surface area (Å²) in [7, 11) is 0. The fraction of sp³-hybridized carbons (Fsp3) is 0.529. The average Bonchev–Trinajstić information content (AvgIpc) is 2.38. The second-order valence-electron chi connectivity index (χ2n) is 6.28. The highest BCUT2D eigenvalue weighted by Gasteiger charge is 2.34. The summed E-state index contributed by atoms with van der Waals surface area (Å²) >= 11 is 3.45. The Morgan fingerprint density at radius 3 is 2.85 bits per heavy atom. The molecule has 1 aromatic carbocycles. The zero-order valence-electron chi connectivity index (χ0n) is 12.0. The molecule has 1 aliphatic carbocycles. The summed E-state index contributed by atoms with van der Waals surface area (Å²) in [6, 6.07) is 5.90. The van der Waals surface area contributed by atoms with Gasteiger partial charge in [-0.15, -0.1) is 0 Å². The van der Waals surface area contributed by atoms with Crippen LogP contribution in [0.4, 0.5) is 0 Å². The molecule has 1 aromatic rings. The van der Waals surface area contributed by atoms with Crippen molar-refractivity contribution in [2.24, 2.45) is 11.8 Å². The molecular formula is C17H21BrO2. The zero-order valence-corrected chi connectivity index (χ0v) is 13.6. The third-order valence-electron chi connectivity index (χ3n) is 4.42. The van der Waals surface area contributed by atoms with Crippen molar-refractivity contribution in [3.05, 3.63) is 39.9 Å². The van der Waals surface area contributed by atoms with Crippen LogP contribution in [0.3, 0.4) is 0 Å². The summed E-state index contributed by atoms with van der Waals surface area (Å²) in [4.78, 5) is 0. The highest BCUT2D eigenvalue weighted by molar-refractivity contribution is 9.10. The van der Waals surface area contributed by atoms with Crippen LogP contribution in [0.15, 0.2) is 34.3 Å². The monoisotopic (exact) mass is 336 g/mol. The number of ether oxygens (including phenoxy) is 1. The number of hydrogen-bond donors (Lipinski definition) is 1. The van der Waals surface area contributed by atoms with Crippen LogP contribution in [0.5, 0.6) is 5.75 Å². The first kappa shape index (κ1) is 14.2. The van der Waals surface area contributed by atoms with Gasteiger partial charge in [0.25, 0.3) is 0 Å². The first-order valence-corrected chi connectivity index (χ1v) is 8.13. The molecule has 4 atom stereocenters. The Balaban J connectivity index is 1.81. The van der Waals surface area contributed by atoms with Gasteiger partial charge in [-0.3, -0.25) is 0 Å². The number of aliphatic hydroxyl groups excluding tert-OH is 1. The van der Waals surface area contributed by atoms with Crippen molar-refractivity contribution in [3.63, 3.8) is 0 Å². The maximum atomic E-state index is 10.4. The summed E-state index contributed by atoms with van der Waals surface area (Å²) in [5.41, 5.74) is 2.36. The van der Waals surface area contributed by atoms with Crippen LogP contribution in [0, 0.1) is 11.8 Å². The molecule has 0 spiro atoms. The fourth-order valence-electron chi connectivity index (χ4n) is 3.61. The molecular weight excluding hydrogens is 316 g/mol. The van der Waals surface area contributed by atoms with Gasteiger partial charge in [-0.25, -0.2) is 0 Å². The van der Waals surface area contributed by atoms with E-state index in [9.17, 15) is 5.11 Å². The molecule has 2 nitrogen and oxygen atoms in total. The van der Waals surface area contributed by atoms with Crippen LogP contribution in [-0.4, -0.2) is 11.2 Å². The Morgan fingerprint density at radius 1 is 1.30 bits per heavy atom. The van der Waals surface area contributed by atoms with E-state index in [0.29, 0.717) is 18.3 Å². The maximum Gasteiger partial charge on any atom is 0.125 e. The lowest BCUT2D eigenvalue weighted by molar-refractivity contribution is 0.0273. The quantitative estimate of drug-likeness (QED) is 0.758. The number of aliphatic hydroxyl groups is 1. The van der Waals surface area contributed by atoms with Crippen molar-refractivity contribution in [1.82, 2.24) is 0 Å². The fourth-order valence-corrected chi connectivity index (χ4v) is 3.99. The lowest BCUT2D eigenvalue weighted by atomic mass is 9.78. The van der Waals surface area contributed by atoms with Gasteiger partial charge in [-0.1, -0.05) is 34.5 Å². The third kappa shape index (κ3) is 2.79. The van der Waals surface area contributed by atoms with E-state index in [4.69, 9.17) is 4.74 Å². The number of benzene rings is 1. The van der Waals surface area contributed by atoms with Crippen molar-refractivity contribution in [2.75, 3.05) is 0 Å². The average molecular weight is 337 g/mol. The van der Waals surface area contributed by atoms with Gasteiger partial charge >= 0.3 is 0 Å². The van der Waals surface area contributed by atoms with E-state index in [2.05, 4.69) is 35.9 Å². The Labute approximate surface area is 129 Å². The van der Waals surface area contributed by atoms with Crippen molar-refractivity contribution < 1.29 is 9.84 Å². The first-order chi connectivity index (χ1) is 9.52. The Hall–Kier alpha value is -0.800. The smallest absolute Gasteiger partial charge is 0.125 e. The third-order valence-corrected chi connectivity index (χ3v) is 4.91. The van der Waals surface area contributed by atoms with E-state index in [1.807, 2.05) is 18.2 Å². The SMILES string of the molecule is CC1=CC(C)CC(C2CC(O)c3cc(Br)ccc3O2)C1. The minimum absolute atomic E-state index is 0.129. The van der Waals surface area contributed by atoms with E-state index in [1.54, 1.807) is 0 Å². The van der Waals surface area contributed by atoms with Gasteiger partial charge in [-0.05, 0) is 43.9 Å². The number of allylic oxidation sites excluding steroid dienone is 2. The van der Waals surface area contributed by atoms with E-state index in [0.717, 1.165) is 28.6 Å². The Morgan fingerprint density at radius 2 is 2.10 bits per heavy atom. The lowest BCUT2D eigenvalue weighted by Crippen LogP contribution is -2.35. The van der Waals surface area contributed by atoms with Gasteiger partial charge in [0, 0.05) is 22.4 Å². The van der Waals surface area contributed by atoms with Crippen LogP contribution in [0.1, 0.15) is 44.8 Å². The van der Waals surface area contributed by atoms with Gasteiger partial charge in [0.1, 0.15) is 11.9 Å². The summed E-state index contributed by atoms with van der Waals surface area (Å²) in [5.74, 6) is 1.97. The molecule has 1 N–H and O–H groups in total. The van der Waals surface area contributed by atoms with E-state index < -0.39 is 6.10 Å². The molecule has 3 rings (SSSR count). The highest BCUT2D eigenvalue weighted by atomic mass is 79.9. The molecule has 0 aromatic heterocycles. The van der Waals surface area contributed by atoms with E-state index >= 15 is 0 Å². The van der Waals surface area contributed by atoms with Crippen molar-refractivity contribution >= 4 is 15.9 Å². The molecule has 1 aliphatic heterocycles. The molecule has 20 heavy (non-hydrogen) atoms. The minimum atomic E-state index is -0.414. The van der Waals surface area contributed by atoms with Gasteiger partial charge in [0.2, 0.25) is 0 Å². The second-order valence-corrected chi connectivity index (χ2v) is 7.20. The topological polar surface area (TPSA) is 29.5 Å². The lowest BCUT2D eigenvalue weighted by Gasteiger charge is -2.37. The highest BCUT2D eigenvalue weighted by Crippen LogP contribution is 2.42. The Bertz CT molecular complexity index is 538. The molecule has 3 heteroatoms.